The number of carbonyl (C=O) groups is 2. The monoisotopic (exact) mass is 270 g/mol. The second-order valence-electron chi connectivity index (χ2n) is 4.07. The molecule has 0 unspecified atom stereocenters. The summed E-state index contributed by atoms with van der Waals surface area (Å²) in [6.45, 7) is 6.51. The van der Waals surface area contributed by atoms with Crippen molar-refractivity contribution < 1.29 is 19.1 Å². The smallest absolute Gasteiger partial charge is 0.253 e. The van der Waals surface area contributed by atoms with Crippen molar-refractivity contribution in [3.8, 4) is 0 Å². The van der Waals surface area contributed by atoms with E-state index in [0.717, 1.165) is 19.5 Å². The zero-order chi connectivity index (χ0) is 13.9. The van der Waals surface area contributed by atoms with E-state index in [4.69, 9.17) is 9.47 Å². The van der Waals surface area contributed by atoms with Crippen LogP contribution in [-0.4, -0.2) is 62.8 Å². The molecule has 2 amide bonds. The molecular formula is C13H22N2O4. The van der Waals surface area contributed by atoms with Crippen LogP contribution in [0.4, 0.5) is 0 Å². The highest BCUT2D eigenvalue weighted by Gasteiger charge is 2.21. The lowest BCUT2D eigenvalue weighted by atomic mass is 10.4. The van der Waals surface area contributed by atoms with Crippen molar-refractivity contribution in [3.05, 3.63) is 12.2 Å². The van der Waals surface area contributed by atoms with E-state index in [0.29, 0.717) is 33.0 Å². The SMILES string of the molecule is CCOCCOCCNCCCN1C(=O)C=CC1=O. The number of imide groups is 1. The van der Waals surface area contributed by atoms with Gasteiger partial charge < -0.3 is 14.8 Å². The molecular weight excluding hydrogens is 248 g/mol. The zero-order valence-electron chi connectivity index (χ0n) is 11.4. The highest BCUT2D eigenvalue weighted by molar-refractivity contribution is 6.12. The fourth-order valence-electron chi connectivity index (χ4n) is 1.65. The van der Waals surface area contributed by atoms with Crippen molar-refractivity contribution in [3.63, 3.8) is 0 Å². The maximum atomic E-state index is 11.2. The Kier molecular flexibility index (Phi) is 8.04. The number of nitrogens with one attached hydrogen (secondary N) is 1. The van der Waals surface area contributed by atoms with Gasteiger partial charge in [0.15, 0.2) is 0 Å². The summed E-state index contributed by atoms with van der Waals surface area (Å²) in [5.41, 5.74) is 0. The second-order valence-corrected chi connectivity index (χ2v) is 4.07. The van der Waals surface area contributed by atoms with E-state index in [1.54, 1.807) is 0 Å². The quantitative estimate of drug-likeness (QED) is 0.421. The van der Waals surface area contributed by atoms with Crippen molar-refractivity contribution in [2.24, 2.45) is 0 Å². The molecule has 0 bridgehead atoms. The van der Waals surface area contributed by atoms with Gasteiger partial charge in [-0.05, 0) is 19.9 Å². The molecule has 6 nitrogen and oxygen atoms in total. The molecule has 1 aliphatic heterocycles. The fraction of sp³-hybridized carbons (Fsp3) is 0.692. The Balaban J connectivity index is 1.86. The number of hydrogen-bond acceptors (Lipinski definition) is 5. The summed E-state index contributed by atoms with van der Waals surface area (Å²) in [5, 5.41) is 3.19. The second kappa shape index (κ2) is 9.66. The average molecular weight is 270 g/mol. The van der Waals surface area contributed by atoms with Crippen molar-refractivity contribution >= 4 is 11.8 Å². The first-order valence-electron chi connectivity index (χ1n) is 6.65. The van der Waals surface area contributed by atoms with Gasteiger partial charge >= 0.3 is 0 Å². The summed E-state index contributed by atoms with van der Waals surface area (Å²) in [6, 6.07) is 0. The van der Waals surface area contributed by atoms with Crippen LogP contribution in [0.25, 0.3) is 0 Å². The van der Waals surface area contributed by atoms with Gasteiger partial charge in [0.1, 0.15) is 0 Å². The molecule has 0 radical (unpaired) electrons. The standard InChI is InChI=1S/C13H22N2O4/c1-2-18-10-11-19-9-7-14-6-3-8-15-12(16)4-5-13(15)17/h4-5,14H,2-3,6-11H2,1H3. The van der Waals surface area contributed by atoms with Gasteiger partial charge in [-0.25, -0.2) is 0 Å². The number of amides is 2. The molecule has 108 valence electrons. The predicted octanol–water partition coefficient (Wildman–Crippen LogP) is -0.0558. The van der Waals surface area contributed by atoms with Gasteiger partial charge in [-0.1, -0.05) is 0 Å². The summed E-state index contributed by atoms with van der Waals surface area (Å²) < 4.78 is 10.5. The minimum atomic E-state index is -0.218. The molecule has 6 heteroatoms. The lowest BCUT2D eigenvalue weighted by Gasteiger charge is -2.13. The zero-order valence-corrected chi connectivity index (χ0v) is 11.4. The minimum Gasteiger partial charge on any atom is -0.379 e. The Morgan fingerprint density at radius 3 is 2.42 bits per heavy atom. The summed E-state index contributed by atoms with van der Waals surface area (Å²) in [7, 11) is 0. The third kappa shape index (κ3) is 6.47. The summed E-state index contributed by atoms with van der Waals surface area (Å²) in [4.78, 5) is 23.7. The number of nitrogens with zero attached hydrogens (tertiary/aromatic N) is 1. The fourth-order valence-corrected chi connectivity index (χ4v) is 1.65. The van der Waals surface area contributed by atoms with Crippen molar-refractivity contribution in [2.45, 2.75) is 13.3 Å². The van der Waals surface area contributed by atoms with Gasteiger partial charge in [-0.3, -0.25) is 14.5 Å². The highest BCUT2D eigenvalue weighted by atomic mass is 16.5. The van der Waals surface area contributed by atoms with E-state index in [1.807, 2.05) is 6.92 Å². The maximum absolute atomic E-state index is 11.2. The van der Waals surface area contributed by atoms with Crippen LogP contribution >= 0.6 is 0 Å². The molecule has 0 fully saturated rings. The molecule has 0 saturated heterocycles. The van der Waals surface area contributed by atoms with Crippen LogP contribution in [0.15, 0.2) is 12.2 Å². The van der Waals surface area contributed by atoms with Crippen LogP contribution in [0.2, 0.25) is 0 Å². The number of rotatable bonds is 11. The van der Waals surface area contributed by atoms with Crippen LogP contribution in [0.5, 0.6) is 0 Å². The Morgan fingerprint density at radius 1 is 1.05 bits per heavy atom. The number of carbonyl (C=O) groups excluding carboxylic acids is 2. The molecule has 1 N–H and O–H groups in total. The molecule has 19 heavy (non-hydrogen) atoms. The molecule has 0 aliphatic carbocycles. The first-order chi connectivity index (χ1) is 9.25. The lowest BCUT2D eigenvalue weighted by Crippen LogP contribution is -2.33. The Labute approximate surface area is 113 Å². The summed E-state index contributed by atoms with van der Waals surface area (Å²) in [5.74, 6) is -0.437. The first-order valence-corrected chi connectivity index (χ1v) is 6.65. The van der Waals surface area contributed by atoms with E-state index in [-0.39, 0.29) is 11.8 Å². The molecule has 0 aromatic carbocycles. The molecule has 0 aromatic heterocycles. The topological polar surface area (TPSA) is 67.9 Å². The van der Waals surface area contributed by atoms with Crippen LogP contribution in [0.3, 0.4) is 0 Å². The molecule has 0 saturated carbocycles. The molecule has 0 atom stereocenters. The van der Waals surface area contributed by atoms with Crippen LogP contribution in [0, 0.1) is 0 Å². The van der Waals surface area contributed by atoms with Gasteiger partial charge in [0, 0.05) is 31.8 Å². The Morgan fingerprint density at radius 2 is 1.74 bits per heavy atom. The van der Waals surface area contributed by atoms with Crippen molar-refractivity contribution in [1.82, 2.24) is 10.2 Å². The maximum Gasteiger partial charge on any atom is 0.253 e. The first kappa shape index (κ1) is 15.8. The van der Waals surface area contributed by atoms with Gasteiger partial charge in [-0.2, -0.15) is 0 Å². The van der Waals surface area contributed by atoms with Gasteiger partial charge in [-0.15, -0.1) is 0 Å². The third-order valence-electron chi connectivity index (χ3n) is 2.64. The van der Waals surface area contributed by atoms with E-state index in [2.05, 4.69) is 5.32 Å². The lowest BCUT2D eigenvalue weighted by molar-refractivity contribution is -0.136. The predicted molar refractivity (Wildman–Crippen MR) is 70.7 cm³/mol. The number of ether oxygens (including phenoxy) is 2. The van der Waals surface area contributed by atoms with Crippen LogP contribution < -0.4 is 5.32 Å². The molecule has 1 rings (SSSR count). The molecule has 1 aliphatic rings. The van der Waals surface area contributed by atoms with E-state index >= 15 is 0 Å². The van der Waals surface area contributed by atoms with E-state index in [9.17, 15) is 9.59 Å². The number of hydrogen-bond donors (Lipinski definition) is 1. The largest absolute Gasteiger partial charge is 0.379 e. The third-order valence-corrected chi connectivity index (χ3v) is 2.64. The molecule has 1 heterocycles. The minimum absolute atomic E-state index is 0.218. The Bertz CT molecular complexity index is 300. The summed E-state index contributed by atoms with van der Waals surface area (Å²) >= 11 is 0. The van der Waals surface area contributed by atoms with Crippen molar-refractivity contribution in [2.75, 3.05) is 46.1 Å². The molecule has 0 aromatic rings. The summed E-state index contributed by atoms with van der Waals surface area (Å²) in [6.07, 6.45) is 3.36. The Hall–Kier alpha value is -1.24. The van der Waals surface area contributed by atoms with Crippen LogP contribution in [-0.2, 0) is 19.1 Å². The van der Waals surface area contributed by atoms with E-state index in [1.165, 1.54) is 17.1 Å². The highest BCUT2D eigenvalue weighted by Crippen LogP contribution is 2.03. The van der Waals surface area contributed by atoms with E-state index < -0.39 is 0 Å². The van der Waals surface area contributed by atoms with Gasteiger partial charge in [0.2, 0.25) is 0 Å². The van der Waals surface area contributed by atoms with Crippen molar-refractivity contribution in [1.29, 1.82) is 0 Å². The average Bonchev–Trinajstić information content (AvgIpc) is 2.72. The van der Waals surface area contributed by atoms with Crippen LogP contribution in [0.1, 0.15) is 13.3 Å². The van der Waals surface area contributed by atoms with Gasteiger partial charge in [0.25, 0.3) is 11.8 Å². The normalized spacial score (nSPS) is 14.7. The molecule has 0 spiro atoms. The van der Waals surface area contributed by atoms with Gasteiger partial charge in [0.05, 0.1) is 19.8 Å².